The maximum atomic E-state index is 12.8. The lowest BCUT2D eigenvalue weighted by atomic mass is 9.90. The van der Waals surface area contributed by atoms with E-state index in [1.807, 2.05) is 18.2 Å². The SMILES string of the molecule is C=C1CCCC/C1=C(/C(=O)OCC)S(=O)c1ccccc1. The Balaban J connectivity index is 2.46. The zero-order chi connectivity index (χ0) is 15.2. The van der Waals surface area contributed by atoms with Crippen LogP contribution in [0.25, 0.3) is 0 Å². The Morgan fingerprint density at radius 2 is 1.90 bits per heavy atom. The highest BCUT2D eigenvalue weighted by Gasteiger charge is 2.26. The van der Waals surface area contributed by atoms with Crippen molar-refractivity contribution >= 4 is 16.8 Å². The topological polar surface area (TPSA) is 43.4 Å². The van der Waals surface area contributed by atoms with Gasteiger partial charge in [0.25, 0.3) is 0 Å². The molecule has 1 unspecified atom stereocenters. The van der Waals surface area contributed by atoms with Crippen LogP contribution in [0.3, 0.4) is 0 Å². The quantitative estimate of drug-likeness (QED) is 0.628. The fourth-order valence-corrected chi connectivity index (χ4v) is 3.73. The molecule has 1 atom stereocenters. The molecule has 0 aliphatic heterocycles. The largest absolute Gasteiger partial charge is 0.462 e. The van der Waals surface area contributed by atoms with Crippen LogP contribution < -0.4 is 0 Å². The van der Waals surface area contributed by atoms with Gasteiger partial charge < -0.3 is 4.74 Å². The normalized spacial score (nSPS) is 19.0. The van der Waals surface area contributed by atoms with E-state index in [0.29, 0.717) is 4.90 Å². The van der Waals surface area contributed by atoms with Gasteiger partial charge in [-0.25, -0.2) is 9.00 Å². The standard InChI is InChI=1S/C17H20O3S/c1-3-20-17(18)16(15-12-8-7-9-13(15)2)21(19)14-10-5-4-6-11-14/h4-6,10-11H,2-3,7-9,12H2,1H3/b16-15+. The molecule has 21 heavy (non-hydrogen) atoms. The fourth-order valence-electron chi connectivity index (χ4n) is 2.41. The van der Waals surface area contributed by atoms with E-state index >= 15 is 0 Å². The summed E-state index contributed by atoms with van der Waals surface area (Å²) in [6.45, 7) is 6.06. The summed E-state index contributed by atoms with van der Waals surface area (Å²) in [6, 6.07) is 9.02. The van der Waals surface area contributed by atoms with Crippen LogP contribution in [0.15, 0.2) is 57.9 Å². The average Bonchev–Trinajstić information content (AvgIpc) is 2.50. The molecule has 0 amide bonds. The van der Waals surface area contributed by atoms with E-state index in [-0.39, 0.29) is 11.5 Å². The van der Waals surface area contributed by atoms with Gasteiger partial charge in [0.05, 0.1) is 17.4 Å². The van der Waals surface area contributed by atoms with Crippen LogP contribution >= 0.6 is 0 Å². The molecule has 1 aliphatic rings. The molecule has 1 saturated carbocycles. The van der Waals surface area contributed by atoms with Crippen LogP contribution in [0.4, 0.5) is 0 Å². The molecular weight excluding hydrogens is 284 g/mol. The van der Waals surface area contributed by atoms with Gasteiger partial charge in [-0.2, -0.15) is 0 Å². The van der Waals surface area contributed by atoms with Crippen LogP contribution in [0.2, 0.25) is 0 Å². The molecule has 0 N–H and O–H groups in total. The van der Waals surface area contributed by atoms with Crippen molar-refractivity contribution in [3.8, 4) is 0 Å². The lowest BCUT2D eigenvalue weighted by Gasteiger charge is -2.20. The lowest BCUT2D eigenvalue weighted by molar-refractivity contribution is -0.137. The van der Waals surface area contributed by atoms with Crippen molar-refractivity contribution < 1.29 is 13.7 Å². The fraction of sp³-hybridized carbons (Fsp3) is 0.353. The highest BCUT2D eigenvalue weighted by Crippen LogP contribution is 2.33. The third-order valence-corrected chi connectivity index (χ3v) is 4.94. The third-order valence-electron chi connectivity index (χ3n) is 3.46. The number of hydrogen-bond acceptors (Lipinski definition) is 3. The second kappa shape index (κ2) is 7.36. The summed E-state index contributed by atoms with van der Waals surface area (Å²) >= 11 is 0. The molecule has 2 rings (SSSR count). The number of allylic oxidation sites excluding steroid dienone is 2. The van der Waals surface area contributed by atoms with Crippen LogP contribution in [0, 0.1) is 0 Å². The van der Waals surface area contributed by atoms with Crippen LogP contribution in [-0.2, 0) is 20.3 Å². The minimum Gasteiger partial charge on any atom is -0.462 e. The lowest BCUT2D eigenvalue weighted by Crippen LogP contribution is -2.17. The molecule has 0 heterocycles. The van der Waals surface area contributed by atoms with E-state index in [1.54, 1.807) is 19.1 Å². The van der Waals surface area contributed by atoms with Gasteiger partial charge in [-0.1, -0.05) is 30.4 Å². The van der Waals surface area contributed by atoms with E-state index < -0.39 is 16.8 Å². The third kappa shape index (κ3) is 3.70. The Labute approximate surface area is 128 Å². The van der Waals surface area contributed by atoms with Crippen LogP contribution in [-0.4, -0.2) is 16.8 Å². The minimum absolute atomic E-state index is 0.271. The summed E-state index contributed by atoms with van der Waals surface area (Å²) in [4.78, 5) is 13.2. The number of esters is 1. The predicted molar refractivity (Wildman–Crippen MR) is 84.1 cm³/mol. The van der Waals surface area contributed by atoms with E-state index in [0.717, 1.165) is 36.8 Å². The van der Waals surface area contributed by atoms with Crippen molar-refractivity contribution in [1.82, 2.24) is 0 Å². The molecule has 0 spiro atoms. The molecule has 1 aliphatic carbocycles. The molecule has 1 aromatic carbocycles. The highest BCUT2D eigenvalue weighted by molar-refractivity contribution is 7.90. The van der Waals surface area contributed by atoms with E-state index in [1.165, 1.54) is 0 Å². The average molecular weight is 304 g/mol. The number of carbonyl (C=O) groups is 1. The first-order chi connectivity index (χ1) is 10.1. The zero-order valence-corrected chi connectivity index (χ0v) is 13.1. The molecule has 1 aromatic rings. The van der Waals surface area contributed by atoms with Gasteiger partial charge in [0.2, 0.25) is 0 Å². The van der Waals surface area contributed by atoms with Gasteiger partial charge in [-0.15, -0.1) is 0 Å². The van der Waals surface area contributed by atoms with Crippen molar-refractivity contribution in [3.63, 3.8) is 0 Å². The van der Waals surface area contributed by atoms with Gasteiger partial charge >= 0.3 is 5.97 Å². The minimum atomic E-state index is -1.53. The molecule has 0 saturated heterocycles. The van der Waals surface area contributed by atoms with Crippen molar-refractivity contribution in [2.24, 2.45) is 0 Å². The van der Waals surface area contributed by atoms with Gasteiger partial charge in [-0.3, -0.25) is 0 Å². The number of rotatable bonds is 4. The van der Waals surface area contributed by atoms with Gasteiger partial charge in [-0.05, 0) is 50.3 Å². The Morgan fingerprint density at radius 1 is 1.24 bits per heavy atom. The molecule has 0 aromatic heterocycles. The van der Waals surface area contributed by atoms with Crippen LogP contribution in [0.1, 0.15) is 32.6 Å². The first-order valence-corrected chi connectivity index (χ1v) is 8.35. The first-order valence-electron chi connectivity index (χ1n) is 7.20. The van der Waals surface area contributed by atoms with Gasteiger partial charge in [0.15, 0.2) is 0 Å². The van der Waals surface area contributed by atoms with Gasteiger partial charge in [0, 0.05) is 4.90 Å². The number of hydrogen-bond donors (Lipinski definition) is 0. The number of carbonyl (C=O) groups excluding carboxylic acids is 1. The molecular formula is C17H20O3S. The molecule has 1 fully saturated rings. The number of benzene rings is 1. The van der Waals surface area contributed by atoms with Crippen LogP contribution in [0.5, 0.6) is 0 Å². The molecule has 4 heteroatoms. The van der Waals surface area contributed by atoms with Crippen molar-refractivity contribution in [2.45, 2.75) is 37.5 Å². The summed E-state index contributed by atoms with van der Waals surface area (Å²) in [5, 5.41) is 0. The van der Waals surface area contributed by atoms with Crippen molar-refractivity contribution in [2.75, 3.05) is 6.61 Å². The van der Waals surface area contributed by atoms with E-state index in [9.17, 15) is 9.00 Å². The maximum Gasteiger partial charge on any atom is 0.347 e. The van der Waals surface area contributed by atoms with Crippen molar-refractivity contribution in [3.05, 3.63) is 53.0 Å². The molecule has 0 bridgehead atoms. The summed E-state index contributed by atoms with van der Waals surface area (Å²) < 4.78 is 17.9. The summed E-state index contributed by atoms with van der Waals surface area (Å²) in [6.07, 6.45) is 3.65. The second-order valence-electron chi connectivity index (χ2n) is 4.92. The van der Waals surface area contributed by atoms with Gasteiger partial charge in [0.1, 0.15) is 4.91 Å². The highest BCUT2D eigenvalue weighted by atomic mass is 32.2. The maximum absolute atomic E-state index is 12.8. The van der Waals surface area contributed by atoms with E-state index in [2.05, 4.69) is 6.58 Å². The van der Waals surface area contributed by atoms with E-state index in [4.69, 9.17) is 4.74 Å². The summed E-state index contributed by atoms with van der Waals surface area (Å²) in [5.74, 6) is -0.488. The Kier molecular flexibility index (Phi) is 5.51. The summed E-state index contributed by atoms with van der Waals surface area (Å²) in [7, 11) is -1.53. The predicted octanol–water partition coefficient (Wildman–Crippen LogP) is 3.74. The molecule has 112 valence electrons. The Bertz CT molecular complexity index is 587. The second-order valence-corrected chi connectivity index (χ2v) is 6.34. The van der Waals surface area contributed by atoms with Crippen molar-refractivity contribution in [1.29, 1.82) is 0 Å². The smallest absolute Gasteiger partial charge is 0.347 e. The molecule has 0 radical (unpaired) electrons. The zero-order valence-electron chi connectivity index (χ0n) is 12.3. The monoisotopic (exact) mass is 304 g/mol. The number of ether oxygens (including phenoxy) is 1. The first kappa shape index (κ1) is 15.7. The summed E-state index contributed by atoms with van der Waals surface area (Å²) in [5.41, 5.74) is 1.73. The Morgan fingerprint density at radius 3 is 2.52 bits per heavy atom. The molecule has 3 nitrogen and oxygen atoms in total. The Hall–Kier alpha value is -1.68.